The van der Waals surface area contributed by atoms with Gasteiger partial charge >= 0.3 is 0 Å². The molecule has 19 heavy (non-hydrogen) atoms. The molecule has 0 spiro atoms. The van der Waals surface area contributed by atoms with Crippen LogP contribution in [0, 0.1) is 0 Å². The van der Waals surface area contributed by atoms with E-state index >= 15 is 0 Å². The fourth-order valence-corrected chi connectivity index (χ4v) is 1.07. The molecule has 0 aliphatic heterocycles. The SMILES string of the molecule is C=C(C)C(=C)NC(=C)C(=C)NCCNCCC.CC. The van der Waals surface area contributed by atoms with Gasteiger partial charge in [0.15, 0.2) is 0 Å². The average Bonchev–Trinajstić information content (AvgIpc) is 2.40. The molecule has 3 heteroatoms. The van der Waals surface area contributed by atoms with Crippen LogP contribution in [0.3, 0.4) is 0 Å². The Morgan fingerprint density at radius 1 is 0.842 bits per heavy atom. The Balaban J connectivity index is 0. The molecule has 0 atom stereocenters. The van der Waals surface area contributed by atoms with Gasteiger partial charge in [0.25, 0.3) is 0 Å². The summed E-state index contributed by atoms with van der Waals surface area (Å²) in [6, 6.07) is 0. The van der Waals surface area contributed by atoms with E-state index in [1.165, 1.54) is 0 Å². The van der Waals surface area contributed by atoms with E-state index < -0.39 is 0 Å². The Labute approximate surface area is 119 Å². The Morgan fingerprint density at radius 3 is 1.89 bits per heavy atom. The first-order chi connectivity index (χ1) is 8.99. The Bertz CT molecular complexity index is 303. The fourth-order valence-electron chi connectivity index (χ4n) is 1.07. The van der Waals surface area contributed by atoms with Crippen LogP contribution < -0.4 is 16.0 Å². The lowest BCUT2D eigenvalue weighted by molar-refractivity contribution is 0.642. The standard InChI is InChI=1S/C14H25N3.C2H6/c1-7-8-15-9-10-16-13(5)14(6)17-12(4)11(2)3;1-2/h15-17H,2,4-10H2,1,3H3;1-2H3. The summed E-state index contributed by atoms with van der Waals surface area (Å²) in [5, 5.41) is 9.56. The molecule has 0 aromatic carbocycles. The van der Waals surface area contributed by atoms with Gasteiger partial charge in [0.05, 0.1) is 11.4 Å². The van der Waals surface area contributed by atoms with Gasteiger partial charge in [0, 0.05) is 18.8 Å². The van der Waals surface area contributed by atoms with Crippen LogP contribution in [0.15, 0.2) is 49.0 Å². The van der Waals surface area contributed by atoms with Crippen molar-refractivity contribution in [1.82, 2.24) is 16.0 Å². The largest absolute Gasteiger partial charge is 0.383 e. The molecule has 0 rings (SSSR count). The van der Waals surface area contributed by atoms with E-state index in [0.29, 0.717) is 0 Å². The summed E-state index contributed by atoms with van der Waals surface area (Å²) in [6.07, 6.45) is 1.15. The summed E-state index contributed by atoms with van der Waals surface area (Å²) in [6.45, 7) is 26.3. The van der Waals surface area contributed by atoms with Crippen LogP contribution in [-0.2, 0) is 0 Å². The highest BCUT2D eigenvalue weighted by molar-refractivity contribution is 5.31. The highest BCUT2D eigenvalue weighted by atomic mass is 15.0. The summed E-state index contributed by atoms with van der Waals surface area (Å²) in [5.41, 5.74) is 3.17. The third-order valence-corrected chi connectivity index (χ3v) is 2.25. The second kappa shape index (κ2) is 13.0. The van der Waals surface area contributed by atoms with Gasteiger partial charge in [-0.25, -0.2) is 0 Å². The molecule has 0 saturated carbocycles. The molecule has 0 aromatic rings. The van der Waals surface area contributed by atoms with E-state index in [0.717, 1.165) is 48.7 Å². The molecule has 0 aromatic heterocycles. The molecule has 110 valence electrons. The molecular weight excluding hydrogens is 234 g/mol. The second-order valence-electron chi connectivity index (χ2n) is 4.02. The first-order valence-corrected chi connectivity index (χ1v) is 6.93. The van der Waals surface area contributed by atoms with E-state index in [1.807, 2.05) is 20.8 Å². The first-order valence-electron chi connectivity index (χ1n) is 6.93. The molecule has 0 heterocycles. The lowest BCUT2D eigenvalue weighted by Gasteiger charge is -2.16. The Morgan fingerprint density at radius 2 is 1.42 bits per heavy atom. The molecule has 0 saturated heterocycles. The molecule has 3 nitrogen and oxygen atoms in total. The highest BCUT2D eigenvalue weighted by Crippen LogP contribution is 2.05. The molecular formula is C16H31N3. The number of allylic oxidation sites excluding steroid dienone is 1. The van der Waals surface area contributed by atoms with Crippen LogP contribution >= 0.6 is 0 Å². The topological polar surface area (TPSA) is 36.1 Å². The number of rotatable bonds is 10. The van der Waals surface area contributed by atoms with E-state index in [4.69, 9.17) is 0 Å². The van der Waals surface area contributed by atoms with Crippen LogP contribution in [0.2, 0.25) is 0 Å². The van der Waals surface area contributed by atoms with Crippen LogP contribution in [-0.4, -0.2) is 19.6 Å². The van der Waals surface area contributed by atoms with Crippen molar-refractivity contribution in [2.24, 2.45) is 0 Å². The molecule has 0 unspecified atom stereocenters. The molecule has 3 N–H and O–H groups in total. The zero-order valence-corrected chi connectivity index (χ0v) is 13.2. The maximum Gasteiger partial charge on any atom is 0.0540 e. The van der Waals surface area contributed by atoms with Crippen molar-refractivity contribution in [3.63, 3.8) is 0 Å². The number of hydrogen-bond donors (Lipinski definition) is 3. The van der Waals surface area contributed by atoms with Crippen molar-refractivity contribution in [3.05, 3.63) is 49.0 Å². The normalized spacial score (nSPS) is 8.84. The van der Waals surface area contributed by atoms with Crippen LogP contribution in [0.5, 0.6) is 0 Å². The van der Waals surface area contributed by atoms with Crippen molar-refractivity contribution in [1.29, 1.82) is 0 Å². The molecule has 0 aliphatic rings. The van der Waals surface area contributed by atoms with Gasteiger partial charge in [-0.05, 0) is 25.5 Å². The predicted molar refractivity (Wildman–Crippen MR) is 87.9 cm³/mol. The first kappa shape index (κ1) is 19.9. The monoisotopic (exact) mass is 265 g/mol. The third-order valence-electron chi connectivity index (χ3n) is 2.25. The van der Waals surface area contributed by atoms with E-state index in [2.05, 4.69) is 49.2 Å². The highest BCUT2D eigenvalue weighted by Gasteiger charge is 2.01. The minimum absolute atomic E-state index is 0.730. The van der Waals surface area contributed by atoms with Crippen LogP contribution in [0.1, 0.15) is 34.1 Å². The predicted octanol–water partition coefficient (Wildman–Crippen LogP) is 3.31. The minimum Gasteiger partial charge on any atom is -0.383 e. The van der Waals surface area contributed by atoms with Gasteiger partial charge in [0.1, 0.15) is 0 Å². The van der Waals surface area contributed by atoms with Crippen molar-refractivity contribution in [2.45, 2.75) is 34.1 Å². The average molecular weight is 265 g/mol. The van der Waals surface area contributed by atoms with Crippen molar-refractivity contribution < 1.29 is 0 Å². The molecule has 0 aliphatic carbocycles. The minimum atomic E-state index is 0.730. The lowest BCUT2D eigenvalue weighted by Crippen LogP contribution is -2.29. The number of hydrogen-bond acceptors (Lipinski definition) is 3. The summed E-state index contributed by atoms with van der Waals surface area (Å²) in [5.74, 6) is 0. The van der Waals surface area contributed by atoms with Gasteiger partial charge < -0.3 is 16.0 Å². The van der Waals surface area contributed by atoms with Crippen LogP contribution in [0.25, 0.3) is 0 Å². The summed E-state index contributed by atoms with van der Waals surface area (Å²) in [4.78, 5) is 0. The van der Waals surface area contributed by atoms with Crippen molar-refractivity contribution in [2.75, 3.05) is 19.6 Å². The molecule has 0 bridgehead atoms. The maximum atomic E-state index is 3.91. The Kier molecular flexibility index (Phi) is 13.5. The maximum absolute atomic E-state index is 3.91. The van der Waals surface area contributed by atoms with Gasteiger partial charge in [-0.1, -0.05) is 47.1 Å². The summed E-state index contributed by atoms with van der Waals surface area (Å²) in [7, 11) is 0. The Hall–Kier alpha value is -1.48. The number of nitrogens with one attached hydrogen (secondary N) is 3. The zero-order valence-electron chi connectivity index (χ0n) is 13.2. The van der Waals surface area contributed by atoms with Gasteiger partial charge in [-0.2, -0.15) is 0 Å². The molecule has 0 fully saturated rings. The summed E-state index contributed by atoms with van der Waals surface area (Å²) < 4.78 is 0. The third kappa shape index (κ3) is 11.3. The van der Waals surface area contributed by atoms with Gasteiger partial charge in [0.2, 0.25) is 0 Å². The second-order valence-corrected chi connectivity index (χ2v) is 4.02. The van der Waals surface area contributed by atoms with Crippen molar-refractivity contribution >= 4 is 0 Å². The van der Waals surface area contributed by atoms with Crippen molar-refractivity contribution in [3.8, 4) is 0 Å². The zero-order chi connectivity index (χ0) is 15.3. The van der Waals surface area contributed by atoms with E-state index in [-0.39, 0.29) is 0 Å². The van der Waals surface area contributed by atoms with Crippen LogP contribution in [0.4, 0.5) is 0 Å². The van der Waals surface area contributed by atoms with Gasteiger partial charge in [-0.3, -0.25) is 0 Å². The lowest BCUT2D eigenvalue weighted by atomic mass is 10.2. The van der Waals surface area contributed by atoms with Gasteiger partial charge in [-0.15, -0.1) is 0 Å². The summed E-state index contributed by atoms with van der Waals surface area (Å²) >= 11 is 0. The van der Waals surface area contributed by atoms with E-state index in [9.17, 15) is 0 Å². The molecule has 0 radical (unpaired) electrons. The fraction of sp³-hybridized carbons (Fsp3) is 0.500. The van der Waals surface area contributed by atoms with E-state index in [1.54, 1.807) is 0 Å². The molecule has 0 amide bonds. The smallest absolute Gasteiger partial charge is 0.0540 e. The quantitative estimate of drug-likeness (QED) is 0.419.